The standard InChI is InChI=1S/C19H21N5O2/c1-19(2,3)26-17(25)13-6-4-5-11(9-13)12-7-8-15-14(10-12)16(24-21)23-18(20)22-15/h4-10H,21H2,1-3H3,(H3,20,22,23,24). The maximum Gasteiger partial charge on any atom is 0.338 e. The van der Waals surface area contributed by atoms with Gasteiger partial charge in [0, 0.05) is 5.39 Å². The summed E-state index contributed by atoms with van der Waals surface area (Å²) in [5.74, 6) is 5.76. The van der Waals surface area contributed by atoms with Crippen molar-refractivity contribution >= 4 is 28.6 Å². The lowest BCUT2D eigenvalue weighted by Gasteiger charge is -2.19. The van der Waals surface area contributed by atoms with Crippen LogP contribution < -0.4 is 17.0 Å². The quantitative estimate of drug-likeness (QED) is 0.377. The van der Waals surface area contributed by atoms with Gasteiger partial charge < -0.3 is 15.9 Å². The lowest BCUT2D eigenvalue weighted by Crippen LogP contribution is -2.23. The molecule has 5 N–H and O–H groups in total. The number of rotatable bonds is 3. The Balaban J connectivity index is 2.03. The van der Waals surface area contributed by atoms with Gasteiger partial charge in [-0.05, 0) is 56.2 Å². The average Bonchev–Trinajstić information content (AvgIpc) is 2.59. The third-order valence-corrected chi connectivity index (χ3v) is 3.68. The van der Waals surface area contributed by atoms with E-state index in [1.54, 1.807) is 12.1 Å². The number of fused-ring (bicyclic) bond motifs is 1. The number of anilines is 2. The van der Waals surface area contributed by atoms with Crippen molar-refractivity contribution in [1.29, 1.82) is 0 Å². The minimum Gasteiger partial charge on any atom is -0.456 e. The Kier molecular flexibility index (Phi) is 4.48. The summed E-state index contributed by atoms with van der Waals surface area (Å²) >= 11 is 0. The smallest absolute Gasteiger partial charge is 0.338 e. The lowest BCUT2D eigenvalue weighted by molar-refractivity contribution is 0.00696. The average molecular weight is 351 g/mol. The Hall–Kier alpha value is -3.19. The molecule has 0 aliphatic heterocycles. The number of esters is 1. The number of ether oxygens (including phenoxy) is 1. The summed E-state index contributed by atoms with van der Waals surface area (Å²) in [4.78, 5) is 20.6. The molecule has 7 nitrogen and oxygen atoms in total. The fourth-order valence-corrected chi connectivity index (χ4v) is 2.60. The first-order valence-electron chi connectivity index (χ1n) is 8.14. The summed E-state index contributed by atoms with van der Waals surface area (Å²) in [5, 5.41) is 0.738. The van der Waals surface area contributed by atoms with E-state index in [9.17, 15) is 4.79 Å². The van der Waals surface area contributed by atoms with E-state index in [0.29, 0.717) is 16.9 Å². The predicted octanol–water partition coefficient (Wildman–Crippen LogP) is 3.12. The van der Waals surface area contributed by atoms with Crippen LogP contribution in [0, 0.1) is 0 Å². The zero-order valence-electron chi connectivity index (χ0n) is 14.9. The van der Waals surface area contributed by atoms with Crippen LogP contribution in [-0.2, 0) is 4.74 Å². The number of nitrogens with two attached hydrogens (primary N) is 2. The van der Waals surface area contributed by atoms with E-state index in [-0.39, 0.29) is 11.9 Å². The van der Waals surface area contributed by atoms with Crippen LogP contribution >= 0.6 is 0 Å². The number of nitrogens with zero attached hydrogens (tertiary/aromatic N) is 2. The molecule has 1 heterocycles. The summed E-state index contributed by atoms with van der Waals surface area (Å²) < 4.78 is 5.44. The molecule has 3 rings (SSSR count). The van der Waals surface area contributed by atoms with Crippen LogP contribution in [0.4, 0.5) is 11.8 Å². The first-order chi connectivity index (χ1) is 12.3. The Morgan fingerprint density at radius 3 is 2.50 bits per heavy atom. The van der Waals surface area contributed by atoms with Gasteiger partial charge in [-0.1, -0.05) is 18.2 Å². The molecule has 0 radical (unpaired) electrons. The fourth-order valence-electron chi connectivity index (χ4n) is 2.60. The van der Waals surface area contributed by atoms with Gasteiger partial charge in [0.2, 0.25) is 5.95 Å². The monoisotopic (exact) mass is 351 g/mol. The predicted molar refractivity (Wildman–Crippen MR) is 102 cm³/mol. The molecular formula is C19H21N5O2. The van der Waals surface area contributed by atoms with Gasteiger partial charge in [0.25, 0.3) is 0 Å². The summed E-state index contributed by atoms with van der Waals surface area (Å²) in [7, 11) is 0. The summed E-state index contributed by atoms with van der Waals surface area (Å²) in [6.07, 6.45) is 0. The van der Waals surface area contributed by atoms with Crippen LogP contribution in [0.1, 0.15) is 31.1 Å². The summed E-state index contributed by atoms with van der Waals surface area (Å²) in [5.41, 5.74) is 10.6. The van der Waals surface area contributed by atoms with Crippen LogP contribution in [0.15, 0.2) is 42.5 Å². The number of nitrogen functional groups attached to an aromatic ring is 2. The first-order valence-corrected chi connectivity index (χ1v) is 8.14. The van der Waals surface area contributed by atoms with E-state index in [0.717, 1.165) is 16.5 Å². The number of nitrogens with one attached hydrogen (secondary N) is 1. The molecule has 0 atom stereocenters. The SMILES string of the molecule is CC(C)(C)OC(=O)c1cccc(-c2ccc3nc(N)nc(NN)c3c2)c1. The highest BCUT2D eigenvalue weighted by Gasteiger charge is 2.18. The van der Waals surface area contributed by atoms with E-state index in [1.165, 1.54) is 0 Å². The van der Waals surface area contributed by atoms with Crippen LogP contribution in [0.2, 0.25) is 0 Å². The van der Waals surface area contributed by atoms with E-state index in [4.69, 9.17) is 16.3 Å². The van der Waals surface area contributed by atoms with Crippen LogP contribution in [0.25, 0.3) is 22.0 Å². The molecule has 2 aromatic carbocycles. The van der Waals surface area contributed by atoms with Crippen molar-refractivity contribution in [3.05, 3.63) is 48.0 Å². The number of hydrogen-bond acceptors (Lipinski definition) is 7. The van der Waals surface area contributed by atoms with Crippen molar-refractivity contribution in [2.24, 2.45) is 5.84 Å². The topological polar surface area (TPSA) is 116 Å². The van der Waals surface area contributed by atoms with E-state index >= 15 is 0 Å². The molecule has 0 aliphatic rings. The molecule has 0 saturated carbocycles. The van der Waals surface area contributed by atoms with Gasteiger partial charge in [0.15, 0.2) is 5.82 Å². The van der Waals surface area contributed by atoms with Crippen molar-refractivity contribution in [2.75, 3.05) is 11.2 Å². The Bertz CT molecular complexity index is 979. The zero-order chi connectivity index (χ0) is 18.9. The molecular weight excluding hydrogens is 330 g/mol. The van der Waals surface area contributed by atoms with E-state index < -0.39 is 5.60 Å². The minimum absolute atomic E-state index is 0.144. The highest BCUT2D eigenvalue weighted by atomic mass is 16.6. The summed E-state index contributed by atoms with van der Waals surface area (Å²) in [6, 6.07) is 12.9. The summed E-state index contributed by atoms with van der Waals surface area (Å²) in [6.45, 7) is 5.52. The van der Waals surface area contributed by atoms with Gasteiger partial charge in [0.1, 0.15) is 5.60 Å². The Labute approximate surface area is 151 Å². The van der Waals surface area contributed by atoms with Crippen molar-refractivity contribution in [3.63, 3.8) is 0 Å². The molecule has 0 amide bonds. The second-order valence-corrected chi connectivity index (χ2v) is 6.89. The number of hydrogen-bond donors (Lipinski definition) is 3. The Morgan fingerprint density at radius 2 is 1.81 bits per heavy atom. The molecule has 0 unspecified atom stereocenters. The molecule has 0 aliphatic carbocycles. The molecule has 0 saturated heterocycles. The van der Waals surface area contributed by atoms with E-state index in [1.807, 2.05) is 51.1 Å². The van der Waals surface area contributed by atoms with Crippen LogP contribution in [0.3, 0.4) is 0 Å². The maximum absolute atomic E-state index is 12.3. The highest BCUT2D eigenvalue weighted by Crippen LogP contribution is 2.28. The van der Waals surface area contributed by atoms with Gasteiger partial charge in [-0.2, -0.15) is 4.98 Å². The third-order valence-electron chi connectivity index (χ3n) is 3.68. The van der Waals surface area contributed by atoms with Crippen molar-refractivity contribution in [1.82, 2.24) is 9.97 Å². The van der Waals surface area contributed by atoms with Crippen LogP contribution in [0.5, 0.6) is 0 Å². The lowest BCUT2D eigenvalue weighted by atomic mass is 10.0. The van der Waals surface area contributed by atoms with Gasteiger partial charge in [-0.3, -0.25) is 0 Å². The number of hydrazine groups is 1. The molecule has 0 spiro atoms. The fraction of sp³-hybridized carbons (Fsp3) is 0.211. The van der Waals surface area contributed by atoms with Crippen LogP contribution in [-0.4, -0.2) is 21.5 Å². The molecule has 7 heteroatoms. The van der Waals surface area contributed by atoms with E-state index in [2.05, 4.69) is 15.4 Å². The highest BCUT2D eigenvalue weighted by molar-refractivity contribution is 5.95. The molecule has 0 fully saturated rings. The minimum atomic E-state index is -0.547. The number of carbonyl (C=O) groups excluding carboxylic acids is 1. The normalized spacial score (nSPS) is 11.4. The molecule has 26 heavy (non-hydrogen) atoms. The molecule has 0 bridgehead atoms. The van der Waals surface area contributed by atoms with Gasteiger partial charge in [0.05, 0.1) is 11.1 Å². The largest absolute Gasteiger partial charge is 0.456 e. The molecule has 1 aromatic heterocycles. The third kappa shape index (κ3) is 3.73. The second kappa shape index (κ2) is 6.61. The number of aromatic nitrogens is 2. The van der Waals surface area contributed by atoms with Crippen molar-refractivity contribution < 1.29 is 9.53 Å². The second-order valence-electron chi connectivity index (χ2n) is 6.89. The zero-order valence-corrected chi connectivity index (χ0v) is 14.9. The van der Waals surface area contributed by atoms with Gasteiger partial charge in [-0.25, -0.2) is 15.6 Å². The van der Waals surface area contributed by atoms with Gasteiger partial charge in [-0.15, -0.1) is 0 Å². The van der Waals surface area contributed by atoms with Gasteiger partial charge >= 0.3 is 5.97 Å². The maximum atomic E-state index is 12.3. The van der Waals surface area contributed by atoms with Crippen molar-refractivity contribution in [3.8, 4) is 11.1 Å². The Morgan fingerprint density at radius 1 is 1.08 bits per heavy atom. The van der Waals surface area contributed by atoms with Crippen molar-refractivity contribution in [2.45, 2.75) is 26.4 Å². The first kappa shape index (κ1) is 17.6. The molecule has 3 aromatic rings. The molecule has 134 valence electrons. The number of carbonyl (C=O) groups is 1. The number of benzene rings is 2.